The number of rotatable bonds is 2. The molecule has 2 heterocycles. The Bertz CT molecular complexity index is 280. The summed E-state index contributed by atoms with van der Waals surface area (Å²) in [5, 5.41) is 8.89. The number of likely N-dealkylation sites (tertiary alicyclic amines) is 1. The molecule has 2 rings (SSSR count). The van der Waals surface area contributed by atoms with Crippen LogP contribution in [-0.2, 0) is 4.79 Å². The van der Waals surface area contributed by atoms with Crippen LogP contribution in [0.3, 0.4) is 0 Å². The Labute approximate surface area is 103 Å². The van der Waals surface area contributed by atoms with Gasteiger partial charge in [-0.3, -0.25) is 0 Å². The monoisotopic (exact) mass is 238 g/mol. The van der Waals surface area contributed by atoms with Gasteiger partial charge in [0.1, 0.15) is 13.1 Å². The highest BCUT2D eigenvalue weighted by Crippen LogP contribution is 2.06. The maximum absolute atomic E-state index is 8.89. The van der Waals surface area contributed by atoms with Crippen LogP contribution in [-0.4, -0.2) is 47.8 Å². The first-order valence-electron chi connectivity index (χ1n) is 6.36. The molecule has 0 spiro atoms. The van der Waals surface area contributed by atoms with E-state index in [-0.39, 0.29) is 0 Å². The molecule has 0 radical (unpaired) electrons. The fraction of sp³-hybridized carbons (Fsp3) is 0.692. The Kier molecular flexibility index (Phi) is 6.37. The number of carboxylic acids is 1. The van der Waals surface area contributed by atoms with Crippen molar-refractivity contribution < 1.29 is 14.5 Å². The van der Waals surface area contributed by atoms with Gasteiger partial charge in [-0.25, -0.2) is 4.58 Å². The minimum absolute atomic E-state index is 0.972. The number of hydrogen-bond donors (Lipinski definition) is 0. The molecular weight excluding hydrogens is 216 g/mol. The van der Waals surface area contributed by atoms with Crippen molar-refractivity contribution in [1.82, 2.24) is 4.90 Å². The molecule has 4 heteroatoms. The van der Waals surface area contributed by atoms with Crippen LogP contribution in [0.4, 0.5) is 0 Å². The number of carbonyl (C=O) groups is 1. The molecule has 0 aromatic rings. The molecule has 0 bridgehead atoms. The summed E-state index contributed by atoms with van der Waals surface area (Å²) >= 11 is 0. The summed E-state index contributed by atoms with van der Waals surface area (Å²) in [6.45, 7) is 5.99. The van der Waals surface area contributed by atoms with Crippen molar-refractivity contribution >= 4 is 12.2 Å². The van der Waals surface area contributed by atoms with E-state index >= 15 is 0 Å². The van der Waals surface area contributed by atoms with Gasteiger partial charge in [0.2, 0.25) is 0 Å². The summed E-state index contributed by atoms with van der Waals surface area (Å²) in [4.78, 5) is 11.3. The second-order valence-corrected chi connectivity index (χ2v) is 4.47. The van der Waals surface area contributed by atoms with Gasteiger partial charge in [-0.2, -0.15) is 0 Å². The van der Waals surface area contributed by atoms with Gasteiger partial charge in [0.25, 0.3) is 0 Å². The number of carboxylic acid groups (broad SMARTS) is 1. The van der Waals surface area contributed by atoms with E-state index in [2.05, 4.69) is 28.0 Å². The van der Waals surface area contributed by atoms with Gasteiger partial charge in [-0.15, -0.1) is 0 Å². The molecule has 0 N–H and O–H groups in total. The average molecular weight is 238 g/mol. The molecule has 2 fully saturated rings. The standard InChI is InChI=1S/C11H19N2.C2H4O2/c1-2-7-12(6-1)10-5-11-13-8-3-4-9-13;1-2(3)4/h5,10-11H,1-4,6-9H2;1H3,(H,3,4)/q+1;/p-1. The van der Waals surface area contributed by atoms with Crippen LogP contribution in [0.1, 0.15) is 32.6 Å². The number of carbonyl (C=O) groups excluding carboxylic acids is 1. The first-order valence-corrected chi connectivity index (χ1v) is 6.36. The van der Waals surface area contributed by atoms with Gasteiger partial charge in [0.15, 0.2) is 6.21 Å². The second kappa shape index (κ2) is 7.87. The van der Waals surface area contributed by atoms with Crippen LogP contribution in [0, 0.1) is 0 Å². The quantitative estimate of drug-likeness (QED) is 0.647. The fourth-order valence-corrected chi connectivity index (χ4v) is 2.06. The molecule has 2 saturated heterocycles. The van der Waals surface area contributed by atoms with E-state index in [9.17, 15) is 0 Å². The van der Waals surface area contributed by atoms with E-state index in [4.69, 9.17) is 9.90 Å². The Balaban J connectivity index is 0.000000317. The Morgan fingerprint density at radius 3 is 2.24 bits per heavy atom. The molecule has 17 heavy (non-hydrogen) atoms. The molecule has 0 aromatic heterocycles. The van der Waals surface area contributed by atoms with Crippen molar-refractivity contribution in [2.45, 2.75) is 32.6 Å². The number of allylic oxidation sites excluding steroid dienone is 1. The smallest absolute Gasteiger partial charge is 0.164 e. The highest BCUT2D eigenvalue weighted by Gasteiger charge is 2.10. The van der Waals surface area contributed by atoms with Crippen LogP contribution >= 0.6 is 0 Å². The van der Waals surface area contributed by atoms with Crippen molar-refractivity contribution in [3.63, 3.8) is 0 Å². The molecule has 2 aliphatic heterocycles. The average Bonchev–Trinajstić information content (AvgIpc) is 2.88. The number of aliphatic carboxylic acids is 1. The predicted molar refractivity (Wildman–Crippen MR) is 65.9 cm³/mol. The topological polar surface area (TPSA) is 46.4 Å². The largest absolute Gasteiger partial charge is 0.550 e. The maximum Gasteiger partial charge on any atom is 0.164 e. The van der Waals surface area contributed by atoms with E-state index in [1.165, 1.54) is 51.9 Å². The van der Waals surface area contributed by atoms with Crippen LogP contribution in [0.2, 0.25) is 0 Å². The van der Waals surface area contributed by atoms with E-state index in [1.54, 1.807) is 0 Å². The van der Waals surface area contributed by atoms with Crippen LogP contribution < -0.4 is 5.11 Å². The summed E-state index contributed by atoms with van der Waals surface area (Å²) in [6.07, 6.45) is 12.2. The zero-order chi connectivity index (χ0) is 12.5. The zero-order valence-corrected chi connectivity index (χ0v) is 10.6. The molecule has 0 aromatic carbocycles. The van der Waals surface area contributed by atoms with Gasteiger partial charge < -0.3 is 14.8 Å². The van der Waals surface area contributed by atoms with Crippen LogP contribution in [0.5, 0.6) is 0 Å². The van der Waals surface area contributed by atoms with E-state index < -0.39 is 5.97 Å². The highest BCUT2D eigenvalue weighted by molar-refractivity contribution is 5.65. The third-order valence-corrected chi connectivity index (χ3v) is 2.88. The van der Waals surface area contributed by atoms with Crippen LogP contribution in [0.15, 0.2) is 12.3 Å². The summed E-state index contributed by atoms with van der Waals surface area (Å²) in [5.41, 5.74) is 0. The maximum atomic E-state index is 8.89. The first-order chi connectivity index (χ1) is 8.18. The molecule has 0 amide bonds. The second-order valence-electron chi connectivity index (χ2n) is 4.47. The minimum Gasteiger partial charge on any atom is -0.550 e. The zero-order valence-electron chi connectivity index (χ0n) is 10.6. The van der Waals surface area contributed by atoms with Gasteiger partial charge in [-0.05, 0) is 19.8 Å². The van der Waals surface area contributed by atoms with Crippen molar-refractivity contribution in [2.24, 2.45) is 0 Å². The molecule has 0 aliphatic carbocycles. The van der Waals surface area contributed by atoms with Crippen molar-refractivity contribution in [3.8, 4) is 0 Å². The lowest BCUT2D eigenvalue weighted by molar-refractivity contribution is -0.500. The van der Waals surface area contributed by atoms with Gasteiger partial charge in [0, 0.05) is 44.2 Å². The summed E-state index contributed by atoms with van der Waals surface area (Å²) in [5.74, 6) is -1.08. The lowest BCUT2D eigenvalue weighted by atomic mass is 10.4. The summed E-state index contributed by atoms with van der Waals surface area (Å²) in [6, 6.07) is 0. The fourth-order valence-electron chi connectivity index (χ4n) is 2.06. The number of nitrogens with zero attached hydrogens (tertiary/aromatic N) is 2. The van der Waals surface area contributed by atoms with Gasteiger partial charge in [-0.1, -0.05) is 0 Å². The Hall–Kier alpha value is -1.32. The highest BCUT2D eigenvalue weighted by atomic mass is 16.4. The van der Waals surface area contributed by atoms with Crippen molar-refractivity contribution in [2.75, 3.05) is 26.2 Å². The predicted octanol–water partition coefficient (Wildman–Crippen LogP) is 0.229. The Morgan fingerprint density at radius 2 is 1.71 bits per heavy atom. The van der Waals surface area contributed by atoms with E-state index in [0.29, 0.717) is 0 Å². The molecule has 0 atom stereocenters. The molecule has 0 unspecified atom stereocenters. The van der Waals surface area contributed by atoms with Gasteiger partial charge in [0.05, 0.1) is 0 Å². The van der Waals surface area contributed by atoms with E-state index in [1.807, 2.05) is 0 Å². The van der Waals surface area contributed by atoms with E-state index in [0.717, 1.165) is 6.92 Å². The third-order valence-electron chi connectivity index (χ3n) is 2.88. The Morgan fingerprint density at radius 1 is 1.18 bits per heavy atom. The van der Waals surface area contributed by atoms with Crippen LogP contribution in [0.25, 0.3) is 0 Å². The lowest BCUT2D eigenvalue weighted by Gasteiger charge is -2.08. The SMILES string of the molecule is C(=CN1CCCC1)C=[N+]1CCCC1.CC(=O)[O-]. The first kappa shape index (κ1) is 13.7. The normalized spacial score (nSPS) is 19.4. The van der Waals surface area contributed by atoms with Crippen molar-refractivity contribution in [3.05, 3.63) is 12.3 Å². The van der Waals surface area contributed by atoms with Gasteiger partial charge >= 0.3 is 0 Å². The minimum atomic E-state index is -1.08. The number of hydrogen-bond acceptors (Lipinski definition) is 3. The summed E-state index contributed by atoms with van der Waals surface area (Å²) in [7, 11) is 0. The third kappa shape index (κ3) is 6.76. The molecular formula is C13H22N2O2. The molecule has 0 saturated carbocycles. The summed E-state index contributed by atoms with van der Waals surface area (Å²) < 4.78 is 2.41. The molecule has 2 aliphatic rings. The molecule has 96 valence electrons. The lowest BCUT2D eigenvalue weighted by Crippen LogP contribution is -2.16. The van der Waals surface area contributed by atoms with Crippen molar-refractivity contribution in [1.29, 1.82) is 0 Å². The molecule has 4 nitrogen and oxygen atoms in total.